The summed E-state index contributed by atoms with van der Waals surface area (Å²) < 4.78 is 22.6. The van der Waals surface area contributed by atoms with E-state index in [1.54, 1.807) is 12.1 Å². The molecule has 1 saturated heterocycles. The molecule has 7 heteroatoms. The van der Waals surface area contributed by atoms with Crippen LogP contribution in [0, 0.1) is 0 Å². The number of fused-ring (bicyclic) bond motifs is 1. The Morgan fingerprint density at radius 1 is 1.10 bits per heavy atom. The van der Waals surface area contributed by atoms with Crippen molar-refractivity contribution < 1.29 is 23.7 Å². The molecule has 2 aromatic rings. The molecular formula is C24H30N2O5. The summed E-state index contributed by atoms with van der Waals surface area (Å²) in [5.74, 6) is 1.74. The molecule has 0 saturated carbocycles. The van der Waals surface area contributed by atoms with E-state index in [1.807, 2.05) is 30.3 Å². The van der Waals surface area contributed by atoms with E-state index in [1.165, 1.54) is 0 Å². The second-order valence-electron chi connectivity index (χ2n) is 7.83. The minimum Gasteiger partial charge on any atom is -0.492 e. The topological polar surface area (TPSA) is 69.3 Å². The van der Waals surface area contributed by atoms with E-state index in [0.29, 0.717) is 49.5 Å². The third kappa shape index (κ3) is 5.68. The molecule has 7 nitrogen and oxygen atoms in total. The molecule has 0 spiro atoms. The Bertz CT molecular complexity index is 882. The first-order chi connectivity index (χ1) is 15.2. The number of nitrogens with zero attached hydrogens (tertiary/aromatic N) is 1. The highest BCUT2D eigenvalue weighted by Gasteiger charge is 2.20. The summed E-state index contributed by atoms with van der Waals surface area (Å²) in [6, 6.07) is 13.8. The Labute approximate surface area is 183 Å². The average Bonchev–Trinajstić information content (AvgIpc) is 2.83. The number of rotatable bonds is 8. The molecule has 2 aliphatic rings. The highest BCUT2D eigenvalue weighted by atomic mass is 16.6. The van der Waals surface area contributed by atoms with E-state index in [4.69, 9.17) is 18.9 Å². The molecule has 2 heterocycles. The number of carbonyl (C=O) groups is 1. The molecular weight excluding hydrogens is 396 g/mol. The van der Waals surface area contributed by atoms with Gasteiger partial charge in [0.15, 0.2) is 11.5 Å². The number of amides is 1. The summed E-state index contributed by atoms with van der Waals surface area (Å²) in [5.41, 5.74) is 1.46. The van der Waals surface area contributed by atoms with Gasteiger partial charge in [-0.25, -0.2) is 0 Å². The van der Waals surface area contributed by atoms with Gasteiger partial charge < -0.3 is 24.3 Å². The lowest BCUT2D eigenvalue weighted by atomic mass is 10.1. The number of hydrogen-bond donors (Lipinski definition) is 1. The molecule has 166 valence electrons. The van der Waals surface area contributed by atoms with Crippen LogP contribution >= 0.6 is 0 Å². The van der Waals surface area contributed by atoms with Gasteiger partial charge in [-0.05, 0) is 49.7 Å². The number of carbonyl (C=O) groups excluding carboxylic acids is 1. The van der Waals surface area contributed by atoms with Crippen molar-refractivity contribution in [2.75, 3.05) is 46.6 Å². The van der Waals surface area contributed by atoms with E-state index in [-0.39, 0.29) is 5.91 Å². The molecule has 2 aromatic carbocycles. The van der Waals surface area contributed by atoms with Crippen LogP contribution in [0.2, 0.25) is 0 Å². The van der Waals surface area contributed by atoms with Gasteiger partial charge in [0.05, 0.1) is 5.56 Å². The quantitative estimate of drug-likeness (QED) is 0.700. The van der Waals surface area contributed by atoms with Gasteiger partial charge in [0, 0.05) is 32.3 Å². The van der Waals surface area contributed by atoms with Crippen molar-refractivity contribution >= 4 is 5.91 Å². The van der Waals surface area contributed by atoms with E-state index < -0.39 is 0 Å². The van der Waals surface area contributed by atoms with Crippen molar-refractivity contribution in [3.8, 4) is 17.2 Å². The van der Waals surface area contributed by atoms with Crippen LogP contribution in [0.1, 0.15) is 28.8 Å². The molecule has 0 unspecified atom stereocenters. The Hall–Kier alpha value is -2.77. The van der Waals surface area contributed by atoms with Gasteiger partial charge in [-0.2, -0.15) is 0 Å². The van der Waals surface area contributed by atoms with Gasteiger partial charge in [0.25, 0.3) is 5.91 Å². The first-order valence-corrected chi connectivity index (χ1v) is 10.9. The van der Waals surface area contributed by atoms with Gasteiger partial charge in [0.2, 0.25) is 0 Å². The maximum Gasteiger partial charge on any atom is 0.255 e. The van der Waals surface area contributed by atoms with Crippen LogP contribution in [0.25, 0.3) is 0 Å². The van der Waals surface area contributed by atoms with E-state index in [0.717, 1.165) is 43.9 Å². The Morgan fingerprint density at radius 2 is 1.90 bits per heavy atom. The maximum absolute atomic E-state index is 12.7. The highest BCUT2D eigenvalue weighted by Crippen LogP contribution is 2.33. The van der Waals surface area contributed by atoms with Crippen LogP contribution in [-0.2, 0) is 11.3 Å². The summed E-state index contributed by atoms with van der Waals surface area (Å²) in [5, 5.41) is 2.96. The zero-order valence-corrected chi connectivity index (χ0v) is 18.0. The third-order valence-electron chi connectivity index (χ3n) is 5.69. The minimum atomic E-state index is -0.188. The van der Waals surface area contributed by atoms with Gasteiger partial charge in [-0.3, -0.25) is 9.69 Å². The van der Waals surface area contributed by atoms with Crippen molar-refractivity contribution in [2.24, 2.45) is 0 Å². The van der Waals surface area contributed by atoms with Crippen LogP contribution in [0.15, 0.2) is 42.5 Å². The molecule has 0 aromatic heterocycles. The van der Waals surface area contributed by atoms with Crippen LogP contribution in [-0.4, -0.2) is 63.5 Å². The second-order valence-corrected chi connectivity index (χ2v) is 7.83. The number of hydrogen-bond acceptors (Lipinski definition) is 6. The van der Waals surface area contributed by atoms with Crippen molar-refractivity contribution in [2.45, 2.75) is 25.4 Å². The number of ether oxygens (including phenoxy) is 4. The molecule has 31 heavy (non-hydrogen) atoms. The molecule has 4 rings (SSSR count). The summed E-state index contributed by atoms with van der Waals surface area (Å²) in [6.45, 7) is 4.52. The molecule has 1 fully saturated rings. The summed E-state index contributed by atoms with van der Waals surface area (Å²) in [4.78, 5) is 15.0. The van der Waals surface area contributed by atoms with Crippen molar-refractivity contribution in [3.63, 3.8) is 0 Å². The van der Waals surface area contributed by atoms with Crippen LogP contribution in [0.4, 0.5) is 0 Å². The molecule has 0 bridgehead atoms. The Kier molecular flexibility index (Phi) is 7.27. The van der Waals surface area contributed by atoms with E-state index >= 15 is 0 Å². The Balaban J connectivity index is 1.27. The van der Waals surface area contributed by atoms with Crippen LogP contribution in [0.5, 0.6) is 17.2 Å². The third-order valence-corrected chi connectivity index (χ3v) is 5.69. The monoisotopic (exact) mass is 426 g/mol. The normalized spacial score (nSPS) is 16.2. The molecule has 0 radical (unpaired) electrons. The van der Waals surface area contributed by atoms with E-state index in [2.05, 4.69) is 17.3 Å². The van der Waals surface area contributed by atoms with Gasteiger partial charge in [-0.15, -0.1) is 0 Å². The molecule has 0 aliphatic carbocycles. The fraction of sp³-hybridized carbons (Fsp3) is 0.458. The second kappa shape index (κ2) is 10.5. The predicted molar refractivity (Wildman–Crippen MR) is 117 cm³/mol. The lowest BCUT2D eigenvalue weighted by molar-refractivity contribution is 0.0392. The Morgan fingerprint density at radius 3 is 2.77 bits per heavy atom. The van der Waals surface area contributed by atoms with E-state index in [9.17, 15) is 4.79 Å². The molecule has 1 N–H and O–H groups in total. The number of nitrogens with one attached hydrogen (secondary N) is 1. The standard InChI is InChI=1S/C24H30N2O5/c1-26(19-8-11-28-12-9-19)10-13-29-20-5-2-4-18(16-20)17-25-24(27)21-6-3-7-22-23(21)31-15-14-30-22/h2-7,16,19H,8-15,17H2,1H3,(H,25,27). The van der Waals surface area contributed by atoms with Crippen molar-refractivity contribution in [1.29, 1.82) is 0 Å². The number of likely N-dealkylation sites (N-methyl/N-ethyl adjacent to an activating group) is 1. The van der Waals surface area contributed by atoms with Gasteiger partial charge >= 0.3 is 0 Å². The maximum atomic E-state index is 12.7. The van der Waals surface area contributed by atoms with Crippen LogP contribution < -0.4 is 19.5 Å². The van der Waals surface area contributed by atoms with Gasteiger partial charge in [-0.1, -0.05) is 18.2 Å². The van der Waals surface area contributed by atoms with Crippen molar-refractivity contribution in [3.05, 3.63) is 53.6 Å². The predicted octanol–water partition coefficient (Wildman–Crippen LogP) is 2.88. The SMILES string of the molecule is CN(CCOc1cccc(CNC(=O)c2cccc3c2OCCO3)c1)C1CCOCC1. The number of benzene rings is 2. The first kappa shape index (κ1) is 21.5. The lowest BCUT2D eigenvalue weighted by Gasteiger charge is -2.31. The fourth-order valence-electron chi connectivity index (χ4n) is 3.89. The zero-order valence-electron chi connectivity index (χ0n) is 18.0. The van der Waals surface area contributed by atoms with Crippen molar-refractivity contribution in [1.82, 2.24) is 10.2 Å². The largest absolute Gasteiger partial charge is 0.492 e. The van der Waals surface area contributed by atoms with Crippen LogP contribution in [0.3, 0.4) is 0 Å². The first-order valence-electron chi connectivity index (χ1n) is 10.9. The lowest BCUT2D eigenvalue weighted by Crippen LogP contribution is -2.38. The molecule has 2 aliphatic heterocycles. The fourth-order valence-corrected chi connectivity index (χ4v) is 3.89. The summed E-state index contributed by atoms with van der Waals surface area (Å²) >= 11 is 0. The average molecular weight is 427 g/mol. The minimum absolute atomic E-state index is 0.188. The summed E-state index contributed by atoms with van der Waals surface area (Å²) in [6.07, 6.45) is 2.15. The van der Waals surface area contributed by atoms with Gasteiger partial charge in [0.1, 0.15) is 25.6 Å². The smallest absolute Gasteiger partial charge is 0.255 e. The summed E-state index contributed by atoms with van der Waals surface area (Å²) in [7, 11) is 2.14. The molecule has 1 amide bonds. The highest BCUT2D eigenvalue weighted by molar-refractivity contribution is 5.97. The number of para-hydroxylation sites is 1. The zero-order chi connectivity index (χ0) is 21.5. The molecule has 0 atom stereocenters.